The summed E-state index contributed by atoms with van der Waals surface area (Å²) in [5.74, 6) is -0.615. The van der Waals surface area contributed by atoms with Gasteiger partial charge in [0, 0.05) is 5.25 Å². The van der Waals surface area contributed by atoms with Crippen LogP contribution in [0.3, 0.4) is 0 Å². The monoisotopic (exact) mass is 300 g/mol. The van der Waals surface area contributed by atoms with Crippen molar-refractivity contribution in [3.05, 3.63) is 5.56 Å². The van der Waals surface area contributed by atoms with Crippen molar-refractivity contribution in [2.75, 3.05) is 0 Å². The lowest BCUT2D eigenvalue weighted by Crippen LogP contribution is -2.30. The molecule has 0 aliphatic rings. The van der Waals surface area contributed by atoms with Crippen molar-refractivity contribution in [2.45, 2.75) is 35.8 Å². The van der Waals surface area contributed by atoms with Crippen molar-refractivity contribution >= 4 is 23.3 Å². The number of thioether (sulfide) groups is 1. The molecule has 1 unspecified atom stereocenters. The van der Waals surface area contributed by atoms with Gasteiger partial charge in [-0.05, 0) is 11.5 Å². The van der Waals surface area contributed by atoms with E-state index in [1.807, 2.05) is 13.8 Å². The quantitative estimate of drug-likeness (QED) is 0.627. The van der Waals surface area contributed by atoms with Gasteiger partial charge >= 0.3 is 12.5 Å². The van der Waals surface area contributed by atoms with Crippen LogP contribution in [-0.2, 0) is 0 Å². The molecule has 1 heterocycles. The first-order chi connectivity index (χ1) is 8.25. The van der Waals surface area contributed by atoms with Gasteiger partial charge in [0.1, 0.15) is 15.8 Å². The molecule has 100 valence electrons. The van der Waals surface area contributed by atoms with E-state index in [4.69, 9.17) is 5.26 Å². The lowest BCUT2D eigenvalue weighted by molar-refractivity contribution is -0.237. The molecule has 18 heavy (non-hydrogen) atoms. The first-order valence-corrected chi connectivity index (χ1v) is 6.35. The van der Waals surface area contributed by atoms with Crippen LogP contribution in [0.25, 0.3) is 0 Å². The molecule has 9 heteroatoms. The molecule has 1 rings (SSSR count). The molecule has 3 nitrogen and oxygen atoms in total. The Morgan fingerprint density at radius 1 is 1.44 bits per heavy atom. The van der Waals surface area contributed by atoms with E-state index in [-0.39, 0.29) is 10.8 Å². The predicted octanol–water partition coefficient (Wildman–Crippen LogP) is 3.75. The van der Waals surface area contributed by atoms with Crippen LogP contribution in [0.15, 0.2) is 4.21 Å². The van der Waals surface area contributed by atoms with E-state index >= 15 is 0 Å². The van der Waals surface area contributed by atoms with Gasteiger partial charge < -0.3 is 4.74 Å². The minimum absolute atomic E-state index is 0.120. The first kappa shape index (κ1) is 15.0. The number of hydrogen-bond acceptors (Lipinski definition) is 5. The zero-order valence-electron chi connectivity index (χ0n) is 9.29. The van der Waals surface area contributed by atoms with Crippen molar-refractivity contribution in [1.82, 2.24) is 4.37 Å². The van der Waals surface area contributed by atoms with Crippen LogP contribution in [0.2, 0.25) is 0 Å². The molecule has 1 atom stereocenters. The molecule has 0 amide bonds. The number of alkyl halides is 4. The molecule has 0 fully saturated rings. The largest absolute Gasteiger partial charge is 0.457 e. The van der Waals surface area contributed by atoms with Crippen LogP contribution in [-0.4, -0.2) is 22.2 Å². The second-order valence-corrected chi connectivity index (χ2v) is 6.02. The van der Waals surface area contributed by atoms with E-state index in [2.05, 4.69) is 9.11 Å². The maximum Gasteiger partial charge on any atom is 0.457 e. The minimum atomic E-state index is -5.14. The van der Waals surface area contributed by atoms with Gasteiger partial charge in [-0.1, -0.05) is 13.8 Å². The molecule has 0 aromatic carbocycles. The van der Waals surface area contributed by atoms with Gasteiger partial charge in [0.2, 0.25) is 5.88 Å². The van der Waals surface area contributed by atoms with Crippen LogP contribution in [0.5, 0.6) is 5.88 Å². The topological polar surface area (TPSA) is 45.9 Å². The number of aromatic nitrogens is 1. The normalized spacial score (nSPS) is 13.4. The van der Waals surface area contributed by atoms with Crippen LogP contribution >= 0.6 is 23.3 Å². The summed E-state index contributed by atoms with van der Waals surface area (Å²) >= 11 is 2.07. The van der Waals surface area contributed by atoms with E-state index in [0.29, 0.717) is 4.21 Å². The smallest absolute Gasteiger partial charge is 0.432 e. The number of halogens is 4. The fourth-order valence-corrected chi connectivity index (χ4v) is 2.96. The average Bonchev–Trinajstić information content (AvgIpc) is 2.58. The summed E-state index contributed by atoms with van der Waals surface area (Å²) in [5.41, 5.74) is -0.161. The molecule has 0 spiro atoms. The highest BCUT2D eigenvalue weighted by Gasteiger charge is 2.43. The van der Waals surface area contributed by atoms with E-state index < -0.39 is 18.4 Å². The number of nitrogens with zero attached hydrogens (tertiary/aromatic N) is 2. The molecule has 0 saturated carbocycles. The summed E-state index contributed by atoms with van der Waals surface area (Å²) in [5, 5.41) is 8.96. The molecule has 1 aromatic heterocycles. The average molecular weight is 300 g/mol. The Morgan fingerprint density at radius 3 is 2.50 bits per heavy atom. The highest BCUT2D eigenvalue weighted by atomic mass is 32.2. The highest BCUT2D eigenvalue weighted by molar-refractivity contribution is 8.01. The molecule has 0 aliphatic heterocycles. The Hall–Kier alpha value is -1.01. The first-order valence-electron chi connectivity index (χ1n) is 4.69. The van der Waals surface area contributed by atoms with Gasteiger partial charge in [-0.2, -0.15) is 27.2 Å². The minimum Gasteiger partial charge on any atom is -0.432 e. The Labute approximate surface area is 109 Å². The standard InChI is InChI=1S/C9H8F4N2OS2/c1-4(2)17-7-5(3-14)6(15-18-7)16-8(10)9(11,12)13/h4,8H,1-2H3. The molecule has 0 saturated heterocycles. The van der Waals surface area contributed by atoms with Crippen LogP contribution in [0, 0.1) is 11.3 Å². The molecular formula is C9H8F4N2OS2. The molecule has 0 radical (unpaired) electrons. The third-order valence-electron chi connectivity index (χ3n) is 1.56. The van der Waals surface area contributed by atoms with E-state index in [9.17, 15) is 17.6 Å². The maximum atomic E-state index is 12.7. The van der Waals surface area contributed by atoms with Crippen molar-refractivity contribution in [1.29, 1.82) is 5.26 Å². The number of hydrogen-bond donors (Lipinski definition) is 0. The van der Waals surface area contributed by atoms with Crippen LogP contribution in [0.1, 0.15) is 19.4 Å². The third kappa shape index (κ3) is 3.74. The number of ether oxygens (including phenoxy) is 1. The van der Waals surface area contributed by atoms with Gasteiger partial charge in [-0.15, -0.1) is 11.8 Å². The van der Waals surface area contributed by atoms with Gasteiger partial charge in [0.25, 0.3) is 0 Å². The van der Waals surface area contributed by atoms with Crippen molar-refractivity contribution < 1.29 is 22.3 Å². The number of nitriles is 1. The molecular weight excluding hydrogens is 292 g/mol. The van der Waals surface area contributed by atoms with Gasteiger partial charge in [-0.3, -0.25) is 0 Å². The maximum absolute atomic E-state index is 12.7. The fraction of sp³-hybridized carbons (Fsp3) is 0.556. The van der Waals surface area contributed by atoms with Crippen molar-refractivity contribution in [3.63, 3.8) is 0 Å². The second kappa shape index (κ2) is 5.75. The molecule has 0 aliphatic carbocycles. The van der Waals surface area contributed by atoms with Crippen LogP contribution in [0.4, 0.5) is 17.6 Å². The summed E-state index contributed by atoms with van der Waals surface area (Å²) < 4.78 is 56.6. The molecule has 0 bridgehead atoms. The second-order valence-electron chi connectivity index (χ2n) is 3.40. The lowest BCUT2D eigenvalue weighted by Gasteiger charge is -2.12. The van der Waals surface area contributed by atoms with Crippen molar-refractivity contribution in [2.24, 2.45) is 0 Å². The lowest BCUT2D eigenvalue weighted by atomic mass is 10.4. The fourth-order valence-electron chi connectivity index (χ4n) is 0.895. The third-order valence-corrected chi connectivity index (χ3v) is 3.59. The predicted molar refractivity (Wildman–Crippen MR) is 59.4 cm³/mol. The Morgan fingerprint density at radius 2 is 2.06 bits per heavy atom. The van der Waals surface area contributed by atoms with E-state index in [0.717, 1.165) is 11.5 Å². The summed E-state index contributed by atoms with van der Waals surface area (Å²) in [6, 6.07) is 1.67. The molecule has 1 aromatic rings. The van der Waals surface area contributed by atoms with Crippen LogP contribution < -0.4 is 4.74 Å². The van der Waals surface area contributed by atoms with E-state index in [1.165, 1.54) is 11.8 Å². The van der Waals surface area contributed by atoms with Gasteiger partial charge in [0.05, 0.1) is 0 Å². The summed E-state index contributed by atoms with van der Waals surface area (Å²) in [6.07, 6.45) is -8.62. The Kier molecular flexibility index (Phi) is 4.81. The molecule has 0 N–H and O–H groups in total. The summed E-state index contributed by atoms with van der Waals surface area (Å²) in [4.78, 5) is 0. The number of rotatable bonds is 4. The summed E-state index contributed by atoms with van der Waals surface area (Å²) in [7, 11) is 0. The van der Waals surface area contributed by atoms with E-state index in [1.54, 1.807) is 6.07 Å². The van der Waals surface area contributed by atoms with Gasteiger partial charge in [0.15, 0.2) is 0 Å². The Balaban J connectivity index is 2.92. The summed E-state index contributed by atoms with van der Waals surface area (Å²) in [6.45, 7) is 3.69. The van der Waals surface area contributed by atoms with Crippen molar-refractivity contribution in [3.8, 4) is 11.9 Å². The van der Waals surface area contributed by atoms with Gasteiger partial charge in [-0.25, -0.2) is 0 Å². The zero-order chi connectivity index (χ0) is 13.9. The highest BCUT2D eigenvalue weighted by Crippen LogP contribution is 2.37. The zero-order valence-corrected chi connectivity index (χ0v) is 10.9. The SMILES string of the molecule is CC(C)Sc1snc(OC(F)C(F)(F)F)c1C#N. The Bertz CT molecular complexity index is 452.